The molecule has 24 heavy (non-hydrogen) atoms. The number of benzene rings is 2. The van der Waals surface area contributed by atoms with Gasteiger partial charge in [-0.2, -0.15) is 0 Å². The predicted molar refractivity (Wildman–Crippen MR) is 91.2 cm³/mol. The van der Waals surface area contributed by atoms with Gasteiger partial charge in [-0.15, -0.1) is 0 Å². The highest BCUT2D eigenvalue weighted by Crippen LogP contribution is 2.22. The van der Waals surface area contributed by atoms with E-state index in [2.05, 4.69) is 9.71 Å². The van der Waals surface area contributed by atoms with Crippen LogP contribution in [0.4, 0.5) is 0 Å². The number of rotatable bonds is 6. The van der Waals surface area contributed by atoms with Crippen LogP contribution in [0.25, 0.3) is 0 Å². The Kier molecular flexibility index (Phi) is 4.88. The average Bonchev–Trinajstić information content (AvgIpc) is 2.62. The minimum absolute atomic E-state index is 0.144. The van der Waals surface area contributed by atoms with Gasteiger partial charge in [-0.25, -0.2) is 13.1 Å². The van der Waals surface area contributed by atoms with Gasteiger partial charge in [-0.3, -0.25) is 4.98 Å². The van der Waals surface area contributed by atoms with Gasteiger partial charge in [-0.1, -0.05) is 24.3 Å². The largest absolute Gasteiger partial charge is 0.457 e. The van der Waals surface area contributed by atoms with Crippen LogP contribution in [0.15, 0.2) is 83.9 Å². The summed E-state index contributed by atoms with van der Waals surface area (Å²) in [6.45, 7) is 0.144. The maximum Gasteiger partial charge on any atom is 0.240 e. The molecule has 0 amide bonds. The van der Waals surface area contributed by atoms with Crippen molar-refractivity contribution in [2.75, 3.05) is 0 Å². The first-order valence-electron chi connectivity index (χ1n) is 7.36. The second-order valence-electron chi connectivity index (χ2n) is 5.03. The van der Waals surface area contributed by atoms with E-state index in [9.17, 15) is 8.42 Å². The summed E-state index contributed by atoms with van der Waals surface area (Å²) >= 11 is 0. The Morgan fingerprint density at radius 2 is 1.50 bits per heavy atom. The molecule has 0 aliphatic carbocycles. The quantitative estimate of drug-likeness (QED) is 0.747. The van der Waals surface area contributed by atoms with Gasteiger partial charge in [0.1, 0.15) is 11.5 Å². The zero-order valence-electron chi connectivity index (χ0n) is 12.8. The smallest absolute Gasteiger partial charge is 0.240 e. The van der Waals surface area contributed by atoms with Gasteiger partial charge in [0, 0.05) is 6.20 Å². The van der Waals surface area contributed by atoms with Crippen LogP contribution in [0.1, 0.15) is 5.69 Å². The minimum Gasteiger partial charge on any atom is -0.457 e. The molecule has 3 rings (SSSR count). The first-order valence-corrected chi connectivity index (χ1v) is 8.84. The molecule has 122 valence electrons. The van der Waals surface area contributed by atoms with E-state index in [4.69, 9.17) is 4.74 Å². The lowest BCUT2D eigenvalue weighted by Gasteiger charge is -2.08. The summed E-state index contributed by atoms with van der Waals surface area (Å²) in [7, 11) is -3.59. The molecule has 0 bridgehead atoms. The number of ether oxygens (including phenoxy) is 1. The lowest BCUT2D eigenvalue weighted by atomic mass is 10.3. The lowest BCUT2D eigenvalue weighted by Crippen LogP contribution is -2.23. The molecule has 0 fully saturated rings. The van der Waals surface area contributed by atoms with Crippen LogP contribution < -0.4 is 9.46 Å². The molecular weight excluding hydrogens is 324 g/mol. The average molecular weight is 340 g/mol. The molecule has 3 aromatic rings. The Labute approximate surface area is 141 Å². The number of hydrogen-bond donors (Lipinski definition) is 1. The fourth-order valence-electron chi connectivity index (χ4n) is 2.07. The number of nitrogens with one attached hydrogen (secondary N) is 1. The summed E-state index contributed by atoms with van der Waals surface area (Å²) in [6, 6.07) is 20.9. The molecule has 0 saturated heterocycles. The molecule has 0 atom stereocenters. The topological polar surface area (TPSA) is 68.3 Å². The second kappa shape index (κ2) is 7.25. The summed E-state index contributed by atoms with van der Waals surface area (Å²) in [5.74, 6) is 1.27. The SMILES string of the molecule is O=S(=O)(NCc1ccccn1)c1ccc(Oc2ccccc2)cc1. The summed E-state index contributed by atoms with van der Waals surface area (Å²) in [5.41, 5.74) is 0.658. The van der Waals surface area contributed by atoms with Crippen molar-refractivity contribution < 1.29 is 13.2 Å². The van der Waals surface area contributed by atoms with Gasteiger partial charge < -0.3 is 4.74 Å². The van der Waals surface area contributed by atoms with Crippen LogP contribution in [0, 0.1) is 0 Å². The Morgan fingerprint density at radius 1 is 0.833 bits per heavy atom. The van der Waals surface area contributed by atoms with E-state index in [-0.39, 0.29) is 11.4 Å². The second-order valence-corrected chi connectivity index (χ2v) is 6.80. The van der Waals surface area contributed by atoms with Gasteiger partial charge in [0.05, 0.1) is 17.1 Å². The molecule has 0 saturated carbocycles. The summed E-state index contributed by atoms with van der Waals surface area (Å²) in [6.07, 6.45) is 1.62. The van der Waals surface area contributed by atoms with Crippen LogP contribution in [0.5, 0.6) is 11.5 Å². The van der Waals surface area contributed by atoms with Gasteiger partial charge in [0.25, 0.3) is 0 Å². The Bertz CT molecular complexity index is 881. The van der Waals surface area contributed by atoms with Gasteiger partial charge >= 0.3 is 0 Å². The molecule has 1 N–H and O–H groups in total. The number of para-hydroxylation sites is 1. The molecule has 0 spiro atoms. The van der Waals surface area contributed by atoms with E-state index < -0.39 is 10.0 Å². The highest BCUT2D eigenvalue weighted by atomic mass is 32.2. The first kappa shape index (κ1) is 16.2. The maximum atomic E-state index is 12.3. The van der Waals surface area contributed by atoms with E-state index in [0.717, 1.165) is 0 Å². The van der Waals surface area contributed by atoms with Crippen molar-refractivity contribution in [1.82, 2.24) is 9.71 Å². The van der Waals surface area contributed by atoms with E-state index >= 15 is 0 Å². The van der Waals surface area contributed by atoms with Crippen LogP contribution in [0.2, 0.25) is 0 Å². The molecule has 0 radical (unpaired) electrons. The van der Waals surface area contributed by atoms with Crippen molar-refractivity contribution in [1.29, 1.82) is 0 Å². The number of nitrogens with zero attached hydrogens (tertiary/aromatic N) is 1. The van der Waals surface area contributed by atoms with Crippen molar-refractivity contribution in [3.05, 3.63) is 84.7 Å². The van der Waals surface area contributed by atoms with Crippen LogP contribution >= 0.6 is 0 Å². The van der Waals surface area contributed by atoms with E-state index in [1.807, 2.05) is 36.4 Å². The third kappa shape index (κ3) is 4.18. The van der Waals surface area contributed by atoms with Gasteiger partial charge in [0.15, 0.2) is 0 Å². The van der Waals surface area contributed by atoms with Crippen molar-refractivity contribution >= 4 is 10.0 Å². The molecule has 5 nitrogen and oxygen atoms in total. The zero-order chi connectivity index (χ0) is 16.8. The normalized spacial score (nSPS) is 11.2. The number of hydrogen-bond acceptors (Lipinski definition) is 4. The fourth-order valence-corrected chi connectivity index (χ4v) is 3.07. The van der Waals surface area contributed by atoms with Crippen LogP contribution in [-0.4, -0.2) is 13.4 Å². The third-order valence-corrected chi connectivity index (χ3v) is 4.70. The molecule has 0 aliphatic heterocycles. The van der Waals surface area contributed by atoms with Crippen molar-refractivity contribution in [2.24, 2.45) is 0 Å². The highest BCUT2D eigenvalue weighted by Gasteiger charge is 2.14. The maximum absolute atomic E-state index is 12.3. The highest BCUT2D eigenvalue weighted by molar-refractivity contribution is 7.89. The Morgan fingerprint density at radius 3 is 2.17 bits per heavy atom. The lowest BCUT2D eigenvalue weighted by molar-refractivity contribution is 0.482. The molecule has 2 aromatic carbocycles. The van der Waals surface area contributed by atoms with Crippen molar-refractivity contribution in [3.8, 4) is 11.5 Å². The van der Waals surface area contributed by atoms with Gasteiger partial charge in [-0.05, 0) is 48.5 Å². The monoisotopic (exact) mass is 340 g/mol. The standard InChI is InChI=1S/C18H16N2O3S/c21-24(22,20-14-15-6-4-5-13-19-15)18-11-9-17(10-12-18)23-16-7-2-1-3-8-16/h1-13,20H,14H2. The number of sulfonamides is 1. The van der Waals surface area contributed by atoms with Crippen LogP contribution in [0.3, 0.4) is 0 Å². The van der Waals surface area contributed by atoms with Crippen molar-refractivity contribution in [3.63, 3.8) is 0 Å². The predicted octanol–water partition coefficient (Wildman–Crippen LogP) is 3.35. The molecule has 0 aliphatic rings. The van der Waals surface area contributed by atoms with E-state index in [1.165, 1.54) is 12.1 Å². The molecular formula is C18H16N2O3S. The molecule has 1 heterocycles. The minimum atomic E-state index is -3.59. The summed E-state index contributed by atoms with van der Waals surface area (Å²) < 4.78 is 32.8. The van der Waals surface area contributed by atoms with E-state index in [1.54, 1.807) is 30.5 Å². The van der Waals surface area contributed by atoms with Crippen molar-refractivity contribution in [2.45, 2.75) is 11.4 Å². The summed E-state index contributed by atoms with van der Waals surface area (Å²) in [4.78, 5) is 4.27. The Hall–Kier alpha value is -2.70. The fraction of sp³-hybridized carbons (Fsp3) is 0.0556. The van der Waals surface area contributed by atoms with E-state index in [0.29, 0.717) is 17.2 Å². The molecule has 0 unspecified atom stereocenters. The zero-order valence-corrected chi connectivity index (χ0v) is 13.6. The first-order chi connectivity index (χ1) is 11.6. The summed E-state index contributed by atoms with van der Waals surface area (Å²) in [5, 5.41) is 0. The molecule has 6 heteroatoms. The molecule has 1 aromatic heterocycles. The number of aromatic nitrogens is 1. The Balaban J connectivity index is 1.67. The third-order valence-electron chi connectivity index (χ3n) is 3.28. The van der Waals surface area contributed by atoms with Gasteiger partial charge in [0.2, 0.25) is 10.0 Å². The number of pyridine rings is 1. The van der Waals surface area contributed by atoms with Crippen LogP contribution in [-0.2, 0) is 16.6 Å².